The highest BCUT2D eigenvalue weighted by atomic mass is 35.5. The Labute approximate surface area is 91.1 Å². The van der Waals surface area contributed by atoms with E-state index in [1.807, 2.05) is 0 Å². The van der Waals surface area contributed by atoms with Crippen LogP contribution in [0.1, 0.15) is 0 Å². The van der Waals surface area contributed by atoms with Crippen molar-refractivity contribution in [3.63, 3.8) is 0 Å². The van der Waals surface area contributed by atoms with Gasteiger partial charge in [-0.25, -0.2) is 13.1 Å². The van der Waals surface area contributed by atoms with E-state index in [9.17, 15) is 18.0 Å². The molecule has 1 amide bonds. The molecule has 7 heteroatoms. The topological polar surface area (TPSA) is 80.3 Å². The molecule has 0 saturated carbocycles. The fraction of sp³-hybridized carbons (Fsp3) is 0. The molecule has 0 radical (unpaired) electrons. The second-order valence-electron chi connectivity index (χ2n) is 2.52. The second-order valence-corrected chi connectivity index (χ2v) is 4.55. The molecular weight excluding hydrogens is 242 g/mol. The summed E-state index contributed by atoms with van der Waals surface area (Å²) < 4.78 is 24.3. The maximum absolute atomic E-state index is 11.4. The van der Waals surface area contributed by atoms with Crippen LogP contribution >= 0.6 is 11.6 Å². The average molecular weight is 248 g/mol. The number of carbonyl (C=O) groups is 2. The Kier molecular flexibility index (Phi) is 3.43. The molecule has 0 heterocycles. The third kappa shape index (κ3) is 3.03. The molecule has 1 aromatic carbocycles. The second kappa shape index (κ2) is 4.41. The molecule has 0 spiro atoms. The van der Waals surface area contributed by atoms with Gasteiger partial charge in [-0.1, -0.05) is 18.2 Å². The van der Waals surface area contributed by atoms with Gasteiger partial charge in [0.25, 0.3) is 10.0 Å². The fourth-order valence-electron chi connectivity index (χ4n) is 0.821. The van der Waals surface area contributed by atoms with E-state index in [4.69, 9.17) is 11.6 Å². The predicted octanol–water partition coefficient (Wildman–Crippen LogP) is 0.257. The minimum absolute atomic E-state index is 0.115. The van der Waals surface area contributed by atoms with Crippen LogP contribution in [0.3, 0.4) is 0 Å². The minimum Gasteiger partial charge on any atom is -0.270 e. The third-order valence-corrected chi connectivity index (χ3v) is 2.98. The Morgan fingerprint density at radius 2 is 1.67 bits per heavy atom. The molecule has 5 nitrogen and oxygen atoms in total. The quantitative estimate of drug-likeness (QED) is 0.614. The van der Waals surface area contributed by atoms with Crippen molar-refractivity contribution in [3.8, 4) is 0 Å². The summed E-state index contributed by atoms with van der Waals surface area (Å²) in [5, 5.41) is -1.38. The first kappa shape index (κ1) is 11.7. The summed E-state index contributed by atoms with van der Waals surface area (Å²) >= 11 is 4.81. The van der Waals surface area contributed by atoms with Gasteiger partial charge in [0.2, 0.25) is 0 Å². The smallest absolute Gasteiger partial charge is 0.270 e. The lowest BCUT2D eigenvalue weighted by Gasteiger charge is -2.03. The van der Waals surface area contributed by atoms with Crippen LogP contribution < -0.4 is 4.72 Å². The van der Waals surface area contributed by atoms with Crippen molar-refractivity contribution in [2.24, 2.45) is 0 Å². The van der Waals surface area contributed by atoms with Gasteiger partial charge in [0.15, 0.2) is 0 Å². The number of benzene rings is 1. The van der Waals surface area contributed by atoms with Crippen molar-refractivity contribution in [1.82, 2.24) is 4.72 Å². The predicted molar refractivity (Wildman–Crippen MR) is 52.6 cm³/mol. The Balaban J connectivity index is 2.96. The molecule has 0 aliphatic carbocycles. The molecule has 0 aromatic heterocycles. The monoisotopic (exact) mass is 247 g/mol. The van der Waals surface area contributed by atoms with Crippen LogP contribution in [-0.2, 0) is 19.6 Å². The summed E-state index contributed by atoms with van der Waals surface area (Å²) in [5.41, 5.74) is 0. The van der Waals surface area contributed by atoms with E-state index in [-0.39, 0.29) is 4.90 Å². The molecule has 1 N–H and O–H groups in total. The molecule has 0 fully saturated rings. The molecule has 0 bridgehead atoms. The Morgan fingerprint density at radius 1 is 1.13 bits per heavy atom. The van der Waals surface area contributed by atoms with E-state index < -0.39 is 21.2 Å². The number of hydrogen-bond acceptors (Lipinski definition) is 4. The fourth-order valence-corrected chi connectivity index (χ4v) is 1.89. The first-order chi connectivity index (χ1) is 6.93. The molecular formula is C8H6ClNO4S. The summed E-state index contributed by atoms with van der Waals surface area (Å²) in [4.78, 5) is 21.0. The lowest BCUT2D eigenvalue weighted by atomic mass is 10.4. The van der Waals surface area contributed by atoms with Crippen LogP contribution in [0.4, 0.5) is 0 Å². The van der Waals surface area contributed by atoms with E-state index in [2.05, 4.69) is 0 Å². The van der Waals surface area contributed by atoms with Gasteiger partial charge < -0.3 is 0 Å². The third-order valence-electron chi connectivity index (χ3n) is 1.46. The molecule has 80 valence electrons. The largest absolute Gasteiger partial charge is 0.317 e. The lowest BCUT2D eigenvalue weighted by molar-refractivity contribution is -0.132. The number of amides is 1. The number of hydrogen-bond donors (Lipinski definition) is 1. The Bertz CT molecular complexity index is 483. The number of nitrogens with one attached hydrogen (secondary N) is 1. The molecule has 0 aliphatic heterocycles. The summed E-state index contributed by atoms with van der Waals surface area (Å²) in [6.45, 7) is 0. The van der Waals surface area contributed by atoms with Crippen LogP contribution in [0.25, 0.3) is 0 Å². The van der Waals surface area contributed by atoms with Crippen LogP contribution in [0.2, 0.25) is 0 Å². The van der Waals surface area contributed by atoms with Gasteiger partial charge in [-0.15, -0.1) is 0 Å². The van der Waals surface area contributed by atoms with Crippen molar-refractivity contribution in [2.75, 3.05) is 0 Å². The molecule has 1 rings (SSSR count). The van der Waals surface area contributed by atoms with Crippen molar-refractivity contribution < 1.29 is 18.0 Å². The molecule has 0 atom stereocenters. The standard InChI is InChI=1S/C8H6ClNO4S/c9-7(11)8(12)10-15(13,14)6-4-2-1-3-5-6/h1-5H,(H,10,12). The molecule has 0 unspecified atom stereocenters. The van der Waals surface area contributed by atoms with Crippen molar-refractivity contribution in [3.05, 3.63) is 30.3 Å². The highest BCUT2D eigenvalue weighted by Gasteiger charge is 2.20. The first-order valence-electron chi connectivity index (χ1n) is 3.75. The Morgan fingerprint density at radius 3 is 2.13 bits per heavy atom. The van der Waals surface area contributed by atoms with E-state index in [0.29, 0.717) is 0 Å². The van der Waals surface area contributed by atoms with Gasteiger partial charge >= 0.3 is 11.1 Å². The number of carbonyl (C=O) groups excluding carboxylic acids is 2. The van der Waals surface area contributed by atoms with Gasteiger partial charge in [-0.3, -0.25) is 9.59 Å². The maximum atomic E-state index is 11.4. The van der Waals surface area contributed by atoms with Crippen LogP contribution in [0, 0.1) is 0 Å². The zero-order chi connectivity index (χ0) is 11.5. The van der Waals surface area contributed by atoms with E-state index in [1.165, 1.54) is 29.0 Å². The SMILES string of the molecule is O=C(Cl)C(=O)NS(=O)(=O)c1ccccc1. The van der Waals surface area contributed by atoms with Crippen LogP contribution in [-0.4, -0.2) is 19.6 Å². The maximum Gasteiger partial charge on any atom is 0.317 e. The number of sulfonamides is 1. The summed E-state index contributed by atoms with van der Waals surface area (Å²) in [5.74, 6) is -1.37. The molecule has 1 aromatic rings. The number of rotatable bonds is 3. The summed E-state index contributed by atoms with van der Waals surface area (Å²) in [6.07, 6.45) is 0. The van der Waals surface area contributed by atoms with Crippen molar-refractivity contribution in [2.45, 2.75) is 4.90 Å². The summed E-state index contributed by atoms with van der Waals surface area (Å²) in [6, 6.07) is 7.17. The highest BCUT2D eigenvalue weighted by molar-refractivity contribution is 7.90. The zero-order valence-electron chi connectivity index (χ0n) is 7.31. The molecule has 0 saturated heterocycles. The lowest BCUT2D eigenvalue weighted by Crippen LogP contribution is -2.33. The molecule has 15 heavy (non-hydrogen) atoms. The van der Waals surface area contributed by atoms with Crippen LogP contribution in [0.5, 0.6) is 0 Å². The summed E-state index contributed by atoms with van der Waals surface area (Å²) in [7, 11) is -4.01. The molecule has 0 aliphatic rings. The van der Waals surface area contributed by atoms with E-state index >= 15 is 0 Å². The normalized spacial score (nSPS) is 10.7. The van der Waals surface area contributed by atoms with E-state index in [0.717, 1.165) is 0 Å². The highest BCUT2D eigenvalue weighted by Crippen LogP contribution is 2.06. The average Bonchev–Trinajstić information content (AvgIpc) is 2.18. The van der Waals surface area contributed by atoms with Crippen molar-refractivity contribution in [1.29, 1.82) is 0 Å². The van der Waals surface area contributed by atoms with Crippen molar-refractivity contribution >= 4 is 32.8 Å². The van der Waals surface area contributed by atoms with Gasteiger partial charge in [0.1, 0.15) is 0 Å². The van der Waals surface area contributed by atoms with Gasteiger partial charge in [0.05, 0.1) is 4.90 Å². The van der Waals surface area contributed by atoms with Gasteiger partial charge in [-0.2, -0.15) is 0 Å². The van der Waals surface area contributed by atoms with Gasteiger partial charge in [0, 0.05) is 0 Å². The van der Waals surface area contributed by atoms with Crippen LogP contribution in [0.15, 0.2) is 35.2 Å². The van der Waals surface area contributed by atoms with E-state index in [1.54, 1.807) is 6.07 Å². The Hall–Kier alpha value is -1.40. The number of halogens is 1. The minimum atomic E-state index is -4.01. The van der Waals surface area contributed by atoms with Gasteiger partial charge in [-0.05, 0) is 23.7 Å². The first-order valence-corrected chi connectivity index (χ1v) is 5.61. The zero-order valence-corrected chi connectivity index (χ0v) is 8.88.